The molecule has 0 saturated carbocycles. The molecule has 1 rings (SSSR count). The molecule has 6 heteroatoms. The molecule has 0 bridgehead atoms. The Morgan fingerprint density at radius 3 is 2.13 bits per heavy atom. The molecule has 0 amide bonds. The van der Waals surface area contributed by atoms with Crippen LogP contribution in [0.25, 0.3) is 0 Å². The van der Waals surface area contributed by atoms with Gasteiger partial charge in [-0.25, -0.2) is 0 Å². The summed E-state index contributed by atoms with van der Waals surface area (Å²) in [5.74, 6) is 0.491. The predicted octanol–water partition coefficient (Wildman–Crippen LogP) is 2.89. The van der Waals surface area contributed by atoms with E-state index in [0.717, 1.165) is 0 Å². The number of hydrogen-bond donors (Lipinski definition) is 0. The van der Waals surface area contributed by atoms with E-state index in [-0.39, 0.29) is 5.56 Å². The van der Waals surface area contributed by atoms with E-state index in [9.17, 15) is 17.6 Å². The van der Waals surface area contributed by atoms with Gasteiger partial charge >= 0.3 is 90.1 Å². The number of alkyl halides is 4. The normalized spacial score (nSPS) is 13.7. The zero-order chi connectivity index (χ0) is 11.5. The standard InChI is InChI=1S/C9H8F4OSe/c1-14-7-4-2-6(3-5-7)8(10)15-9(11,12)13/h2-5,8H,1H3. The van der Waals surface area contributed by atoms with Gasteiger partial charge < -0.3 is 0 Å². The van der Waals surface area contributed by atoms with Gasteiger partial charge in [-0.1, -0.05) is 0 Å². The maximum absolute atomic E-state index is 13.1. The molecular formula is C9H8F4OSe. The first-order valence-corrected chi connectivity index (χ1v) is 5.79. The van der Waals surface area contributed by atoms with E-state index in [1.807, 2.05) is 0 Å². The summed E-state index contributed by atoms with van der Waals surface area (Å²) >= 11 is -2.04. The SMILES string of the molecule is COc1ccc(C(F)[Se]C(F)(F)F)cc1. The van der Waals surface area contributed by atoms with Gasteiger partial charge in [-0.2, -0.15) is 0 Å². The van der Waals surface area contributed by atoms with Crippen LogP contribution in [-0.4, -0.2) is 27.1 Å². The predicted molar refractivity (Wildman–Crippen MR) is 48.7 cm³/mol. The molecule has 0 spiro atoms. The Kier molecular flexibility index (Phi) is 3.99. The number of rotatable bonds is 3. The van der Waals surface area contributed by atoms with Crippen LogP contribution < -0.4 is 4.74 Å². The topological polar surface area (TPSA) is 9.23 Å². The monoisotopic (exact) mass is 288 g/mol. The number of ether oxygens (including phenoxy) is 1. The fraction of sp³-hybridized carbons (Fsp3) is 0.333. The first-order valence-electron chi connectivity index (χ1n) is 3.95. The molecule has 15 heavy (non-hydrogen) atoms. The fourth-order valence-electron chi connectivity index (χ4n) is 0.941. The average Bonchev–Trinajstić information content (AvgIpc) is 2.15. The van der Waals surface area contributed by atoms with Crippen LogP contribution in [0.4, 0.5) is 17.6 Å². The quantitative estimate of drug-likeness (QED) is 0.613. The molecular weight excluding hydrogens is 279 g/mol. The van der Waals surface area contributed by atoms with Crippen LogP contribution in [-0.2, 0) is 0 Å². The van der Waals surface area contributed by atoms with Crippen LogP contribution in [0.2, 0.25) is 0 Å². The van der Waals surface area contributed by atoms with Crippen molar-refractivity contribution in [3.05, 3.63) is 29.8 Å². The Morgan fingerprint density at radius 2 is 1.73 bits per heavy atom. The van der Waals surface area contributed by atoms with Gasteiger partial charge in [0.1, 0.15) is 0 Å². The van der Waals surface area contributed by atoms with E-state index in [1.165, 1.54) is 31.4 Å². The molecule has 84 valence electrons. The van der Waals surface area contributed by atoms with Crippen molar-refractivity contribution in [2.24, 2.45) is 0 Å². The van der Waals surface area contributed by atoms with Gasteiger partial charge in [0.15, 0.2) is 0 Å². The Balaban J connectivity index is 2.70. The summed E-state index contributed by atoms with van der Waals surface area (Å²) in [5.41, 5.74) is 0.0353. The van der Waals surface area contributed by atoms with Crippen LogP contribution in [0, 0.1) is 0 Å². The minimum absolute atomic E-state index is 0.0353. The van der Waals surface area contributed by atoms with Crippen molar-refractivity contribution in [3.63, 3.8) is 0 Å². The third kappa shape index (κ3) is 4.10. The minimum atomic E-state index is -4.42. The second-order valence-electron chi connectivity index (χ2n) is 2.65. The third-order valence-corrected chi connectivity index (χ3v) is 3.18. The molecule has 1 aromatic rings. The van der Waals surface area contributed by atoms with E-state index in [0.29, 0.717) is 5.75 Å². The molecule has 1 aromatic carbocycles. The Labute approximate surface area is 90.6 Å². The van der Waals surface area contributed by atoms with Crippen LogP contribution >= 0.6 is 0 Å². The van der Waals surface area contributed by atoms with E-state index >= 15 is 0 Å². The number of hydrogen-bond acceptors (Lipinski definition) is 1. The molecule has 0 aliphatic rings. The summed E-state index contributed by atoms with van der Waals surface area (Å²) in [6.07, 6.45) is 0. The van der Waals surface area contributed by atoms with Crippen molar-refractivity contribution in [1.29, 1.82) is 0 Å². The van der Waals surface area contributed by atoms with Crippen LogP contribution in [0.15, 0.2) is 24.3 Å². The molecule has 1 nitrogen and oxygen atoms in total. The van der Waals surface area contributed by atoms with Crippen molar-refractivity contribution in [3.8, 4) is 5.75 Å². The maximum atomic E-state index is 13.1. The zero-order valence-electron chi connectivity index (χ0n) is 7.72. The summed E-state index contributed by atoms with van der Waals surface area (Å²) in [7, 11) is 1.43. The van der Waals surface area contributed by atoms with E-state index in [1.54, 1.807) is 0 Å². The van der Waals surface area contributed by atoms with Gasteiger partial charge in [-0.3, -0.25) is 0 Å². The molecule has 0 aliphatic heterocycles. The summed E-state index contributed by atoms with van der Waals surface area (Å²) in [5, 5.41) is -6.38. The molecule has 1 unspecified atom stereocenters. The molecule has 0 saturated heterocycles. The summed E-state index contributed by atoms with van der Waals surface area (Å²) < 4.78 is 53.6. The summed E-state index contributed by atoms with van der Waals surface area (Å²) in [4.78, 5) is 0. The average molecular weight is 287 g/mol. The fourth-order valence-corrected chi connectivity index (χ4v) is 2.05. The van der Waals surface area contributed by atoms with E-state index in [4.69, 9.17) is 4.74 Å². The number of halogens is 4. The van der Waals surface area contributed by atoms with E-state index < -0.39 is 25.1 Å². The Hall–Kier alpha value is -0.741. The second-order valence-corrected chi connectivity index (χ2v) is 4.99. The summed E-state index contributed by atoms with van der Waals surface area (Å²) in [6, 6.07) is 5.48. The zero-order valence-corrected chi connectivity index (χ0v) is 9.43. The molecule has 0 N–H and O–H groups in total. The molecule has 0 aliphatic carbocycles. The second kappa shape index (κ2) is 4.86. The first kappa shape index (κ1) is 12.3. The van der Waals surface area contributed by atoms with Gasteiger partial charge in [0.2, 0.25) is 0 Å². The number of methoxy groups -OCH3 is 1. The van der Waals surface area contributed by atoms with Gasteiger partial charge in [0.25, 0.3) is 0 Å². The van der Waals surface area contributed by atoms with Crippen molar-refractivity contribution in [2.45, 2.75) is 10.1 Å². The molecule has 0 radical (unpaired) electrons. The molecule has 1 atom stereocenters. The van der Waals surface area contributed by atoms with Crippen molar-refractivity contribution < 1.29 is 22.3 Å². The van der Waals surface area contributed by atoms with Crippen molar-refractivity contribution in [1.82, 2.24) is 0 Å². The van der Waals surface area contributed by atoms with Crippen LogP contribution in [0.3, 0.4) is 0 Å². The summed E-state index contributed by atoms with van der Waals surface area (Å²) in [6.45, 7) is 0. The molecule has 0 heterocycles. The first-order chi connectivity index (χ1) is 6.92. The van der Waals surface area contributed by atoms with Crippen LogP contribution in [0.1, 0.15) is 10.6 Å². The van der Waals surface area contributed by atoms with Gasteiger partial charge in [-0.05, 0) is 0 Å². The molecule has 0 aromatic heterocycles. The van der Waals surface area contributed by atoms with Crippen molar-refractivity contribution in [2.75, 3.05) is 7.11 Å². The van der Waals surface area contributed by atoms with E-state index in [2.05, 4.69) is 0 Å². The Morgan fingerprint density at radius 1 is 1.20 bits per heavy atom. The number of benzene rings is 1. The van der Waals surface area contributed by atoms with Gasteiger partial charge in [0, 0.05) is 0 Å². The third-order valence-electron chi connectivity index (χ3n) is 1.61. The van der Waals surface area contributed by atoms with Gasteiger partial charge in [-0.15, -0.1) is 0 Å². The molecule has 0 fully saturated rings. The van der Waals surface area contributed by atoms with Gasteiger partial charge in [0.05, 0.1) is 0 Å². The van der Waals surface area contributed by atoms with Crippen molar-refractivity contribution >= 4 is 15.0 Å². The van der Waals surface area contributed by atoms with Crippen LogP contribution in [0.5, 0.6) is 5.75 Å². The Bertz CT molecular complexity index is 309.